The van der Waals surface area contributed by atoms with Crippen LogP contribution in [0.4, 0.5) is 5.69 Å². The number of anilines is 1. The minimum atomic E-state index is -0.385. The number of furan rings is 1. The summed E-state index contributed by atoms with van der Waals surface area (Å²) < 4.78 is 9.98. The molecular formula is C13H13NO3S. The monoisotopic (exact) mass is 263 g/mol. The molecule has 2 rings (SSSR count). The lowest BCUT2D eigenvalue weighted by Gasteiger charge is -2.07. The summed E-state index contributed by atoms with van der Waals surface area (Å²) in [6.07, 6.45) is 1.63. The lowest BCUT2D eigenvalue weighted by atomic mass is 10.2. The van der Waals surface area contributed by atoms with Crippen molar-refractivity contribution in [3.05, 3.63) is 47.9 Å². The Morgan fingerprint density at radius 2 is 2.28 bits per heavy atom. The lowest BCUT2D eigenvalue weighted by molar-refractivity contribution is 0.0597. The zero-order valence-corrected chi connectivity index (χ0v) is 10.7. The average Bonchev–Trinajstić information content (AvgIpc) is 2.89. The van der Waals surface area contributed by atoms with Gasteiger partial charge in [0.1, 0.15) is 5.76 Å². The minimum absolute atomic E-state index is 0.385. The van der Waals surface area contributed by atoms with Crippen molar-refractivity contribution in [2.45, 2.75) is 10.6 Å². The van der Waals surface area contributed by atoms with Gasteiger partial charge in [0, 0.05) is 10.6 Å². The molecule has 1 heterocycles. The maximum absolute atomic E-state index is 11.6. The van der Waals surface area contributed by atoms with E-state index in [1.54, 1.807) is 18.4 Å². The summed E-state index contributed by atoms with van der Waals surface area (Å²) in [6.45, 7) is 0. The molecule has 2 aromatic rings. The molecule has 0 aliphatic rings. The number of carbonyl (C=O) groups excluding carboxylic acids is 1. The number of methoxy groups -OCH3 is 1. The van der Waals surface area contributed by atoms with Crippen LogP contribution in [0.5, 0.6) is 0 Å². The Hall–Kier alpha value is -1.88. The number of ether oxygens (including phenoxy) is 1. The lowest BCUT2D eigenvalue weighted by Crippen LogP contribution is -2.04. The number of carbonyl (C=O) groups is 1. The number of hydrogen-bond acceptors (Lipinski definition) is 5. The molecule has 0 amide bonds. The fourth-order valence-electron chi connectivity index (χ4n) is 1.49. The van der Waals surface area contributed by atoms with Gasteiger partial charge in [0.05, 0.1) is 24.7 Å². The topological polar surface area (TPSA) is 65.5 Å². The highest BCUT2D eigenvalue weighted by molar-refractivity contribution is 7.98. The van der Waals surface area contributed by atoms with Crippen LogP contribution in [0.15, 0.2) is 45.9 Å². The first-order valence-electron chi connectivity index (χ1n) is 5.33. The molecule has 0 saturated heterocycles. The van der Waals surface area contributed by atoms with Gasteiger partial charge >= 0.3 is 5.97 Å². The van der Waals surface area contributed by atoms with E-state index >= 15 is 0 Å². The van der Waals surface area contributed by atoms with Crippen LogP contribution < -0.4 is 5.73 Å². The van der Waals surface area contributed by atoms with Gasteiger partial charge in [-0.1, -0.05) is 0 Å². The summed E-state index contributed by atoms with van der Waals surface area (Å²) >= 11 is 1.51. The van der Waals surface area contributed by atoms with Crippen LogP contribution in [-0.4, -0.2) is 13.1 Å². The van der Waals surface area contributed by atoms with Crippen LogP contribution in [-0.2, 0) is 10.5 Å². The molecule has 18 heavy (non-hydrogen) atoms. The second kappa shape index (κ2) is 5.64. The van der Waals surface area contributed by atoms with Crippen molar-refractivity contribution in [3.63, 3.8) is 0 Å². The molecule has 0 bridgehead atoms. The van der Waals surface area contributed by atoms with E-state index in [1.165, 1.54) is 18.9 Å². The second-order valence-electron chi connectivity index (χ2n) is 3.62. The van der Waals surface area contributed by atoms with Crippen molar-refractivity contribution < 1.29 is 13.9 Å². The van der Waals surface area contributed by atoms with Gasteiger partial charge < -0.3 is 14.9 Å². The Morgan fingerprint density at radius 1 is 1.44 bits per heavy atom. The molecule has 4 nitrogen and oxygen atoms in total. The van der Waals surface area contributed by atoms with E-state index in [1.807, 2.05) is 18.2 Å². The van der Waals surface area contributed by atoms with Gasteiger partial charge in [0.15, 0.2) is 0 Å². The molecule has 0 fully saturated rings. The maximum atomic E-state index is 11.6. The molecular weight excluding hydrogens is 250 g/mol. The highest BCUT2D eigenvalue weighted by atomic mass is 32.2. The number of nitrogen functional groups attached to an aromatic ring is 1. The van der Waals surface area contributed by atoms with Gasteiger partial charge in [-0.25, -0.2) is 4.79 Å². The fourth-order valence-corrected chi connectivity index (χ4v) is 2.41. The quantitative estimate of drug-likeness (QED) is 0.522. The zero-order valence-electron chi connectivity index (χ0n) is 9.88. The van der Waals surface area contributed by atoms with Crippen molar-refractivity contribution in [1.82, 2.24) is 0 Å². The molecule has 94 valence electrons. The van der Waals surface area contributed by atoms with E-state index in [0.29, 0.717) is 17.0 Å². The molecule has 5 heteroatoms. The molecule has 0 atom stereocenters. The van der Waals surface area contributed by atoms with Gasteiger partial charge in [-0.2, -0.15) is 0 Å². The number of benzene rings is 1. The number of nitrogens with two attached hydrogens (primary N) is 1. The Labute approximate surface area is 109 Å². The Balaban J connectivity index is 2.18. The third-order valence-electron chi connectivity index (χ3n) is 2.36. The number of esters is 1. The van der Waals surface area contributed by atoms with E-state index < -0.39 is 0 Å². The van der Waals surface area contributed by atoms with Crippen LogP contribution in [0.25, 0.3) is 0 Å². The van der Waals surface area contributed by atoms with Crippen LogP contribution in [0.2, 0.25) is 0 Å². The van der Waals surface area contributed by atoms with E-state index in [0.717, 1.165) is 10.7 Å². The van der Waals surface area contributed by atoms with Crippen molar-refractivity contribution in [2.24, 2.45) is 0 Å². The number of thioether (sulfide) groups is 1. The predicted octanol–water partition coefficient (Wildman–Crippen LogP) is 2.94. The van der Waals surface area contributed by atoms with Crippen molar-refractivity contribution in [3.8, 4) is 0 Å². The van der Waals surface area contributed by atoms with E-state index in [-0.39, 0.29) is 5.97 Å². The first-order valence-corrected chi connectivity index (χ1v) is 6.32. The summed E-state index contributed by atoms with van der Waals surface area (Å²) in [5.74, 6) is 1.12. The molecule has 0 spiro atoms. The Morgan fingerprint density at radius 3 is 2.94 bits per heavy atom. The predicted molar refractivity (Wildman–Crippen MR) is 70.5 cm³/mol. The number of rotatable bonds is 4. The van der Waals surface area contributed by atoms with E-state index in [2.05, 4.69) is 0 Å². The average molecular weight is 263 g/mol. The smallest absolute Gasteiger partial charge is 0.339 e. The van der Waals surface area contributed by atoms with Gasteiger partial charge in [0.2, 0.25) is 0 Å². The molecule has 0 unspecified atom stereocenters. The maximum Gasteiger partial charge on any atom is 0.339 e. The van der Waals surface area contributed by atoms with Crippen LogP contribution in [0.1, 0.15) is 16.1 Å². The van der Waals surface area contributed by atoms with Crippen molar-refractivity contribution >= 4 is 23.4 Å². The molecule has 0 aliphatic carbocycles. The normalized spacial score (nSPS) is 10.3. The highest BCUT2D eigenvalue weighted by Crippen LogP contribution is 2.28. The standard InChI is InChI=1S/C13H13NO3S/c1-16-13(15)11-7-9(14)4-5-12(11)18-8-10-3-2-6-17-10/h2-7H,8,14H2,1H3. The van der Waals surface area contributed by atoms with Crippen LogP contribution >= 0.6 is 11.8 Å². The van der Waals surface area contributed by atoms with Crippen LogP contribution in [0, 0.1) is 0 Å². The summed E-state index contributed by atoms with van der Waals surface area (Å²) in [5.41, 5.74) is 6.70. The molecule has 0 saturated carbocycles. The third kappa shape index (κ3) is 2.87. The largest absolute Gasteiger partial charge is 0.468 e. The summed E-state index contributed by atoms with van der Waals surface area (Å²) in [5, 5.41) is 0. The third-order valence-corrected chi connectivity index (χ3v) is 3.45. The zero-order chi connectivity index (χ0) is 13.0. The van der Waals surface area contributed by atoms with E-state index in [4.69, 9.17) is 14.9 Å². The molecule has 1 aromatic carbocycles. The van der Waals surface area contributed by atoms with Gasteiger partial charge in [-0.15, -0.1) is 11.8 Å². The summed E-state index contributed by atoms with van der Waals surface area (Å²) in [4.78, 5) is 12.5. The Kier molecular flexibility index (Phi) is 3.94. The second-order valence-corrected chi connectivity index (χ2v) is 4.63. The van der Waals surface area contributed by atoms with Crippen molar-refractivity contribution in [2.75, 3.05) is 12.8 Å². The molecule has 0 radical (unpaired) electrons. The van der Waals surface area contributed by atoms with Gasteiger partial charge in [0.25, 0.3) is 0 Å². The highest BCUT2D eigenvalue weighted by Gasteiger charge is 2.13. The van der Waals surface area contributed by atoms with Crippen LogP contribution in [0.3, 0.4) is 0 Å². The summed E-state index contributed by atoms with van der Waals surface area (Å²) in [6, 6.07) is 8.92. The minimum Gasteiger partial charge on any atom is -0.468 e. The summed E-state index contributed by atoms with van der Waals surface area (Å²) in [7, 11) is 1.35. The first-order chi connectivity index (χ1) is 8.70. The molecule has 2 N–H and O–H groups in total. The number of hydrogen-bond donors (Lipinski definition) is 1. The SMILES string of the molecule is COC(=O)c1cc(N)ccc1SCc1ccco1. The van der Waals surface area contributed by atoms with E-state index in [9.17, 15) is 4.79 Å². The van der Waals surface area contributed by atoms with Gasteiger partial charge in [-0.05, 0) is 30.3 Å². The van der Waals surface area contributed by atoms with Gasteiger partial charge in [-0.3, -0.25) is 0 Å². The molecule has 1 aromatic heterocycles. The van der Waals surface area contributed by atoms with Crippen molar-refractivity contribution in [1.29, 1.82) is 0 Å². The Bertz CT molecular complexity index is 537. The fraction of sp³-hybridized carbons (Fsp3) is 0.154. The molecule has 0 aliphatic heterocycles. The first kappa shape index (κ1) is 12.6.